The highest BCUT2D eigenvalue weighted by Crippen LogP contribution is 2.07. The first-order valence-corrected chi connectivity index (χ1v) is 6.42. The van der Waals surface area contributed by atoms with Gasteiger partial charge in [-0.25, -0.2) is 0 Å². The summed E-state index contributed by atoms with van der Waals surface area (Å²) in [5.41, 5.74) is 1.19. The van der Waals surface area contributed by atoms with Gasteiger partial charge in [-0.1, -0.05) is 49.6 Å². The van der Waals surface area contributed by atoms with E-state index in [1.807, 2.05) is 0 Å². The van der Waals surface area contributed by atoms with E-state index in [0.29, 0.717) is 11.1 Å². The number of hydrogen-bond acceptors (Lipinski definition) is 3. The molecule has 1 aromatic rings. The maximum atomic E-state index is 11.5. The van der Waals surface area contributed by atoms with Crippen LogP contribution in [0.2, 0.25) is 0 Å². The fraction of sp³-hybridized carbons (Fsp3) is 0.111. The Hall–Kier alpha value is -2.68. The van der Waals surface area contributed by atoms with Gasteiger partial charge in [-0.3, -0.25) is 9.59 Å². The van der Waals surface area contributed by atoms with Crippen LogP contribution in [0, 0.1) is 0 Å². The number of carbonyl (C=O) groups excluding carboxylic acids is 2. The number of benzene rings is 1. The van der Waals surface area contributed by atoms with Gasteiger partial charge in [0.2, 0.25) is 0 Å². The molecule has 0 saturated heterocycles. The predicted molar refractivity (Wildman–Crippen MR) is 86.2 cm³/mol. The molecule has 0 fully saturated rings. The Morgan fingerprint density at radius 1 is 0.857 bits per heavy atom. The van der Waals surface area contributed by atoms with Crippen LogP contribution in [0.1, 0.15) is 34.6 Å². The second-order valence-electron chi connectivity index (χ2n) is 3.78. The van der Waals surface area contributed by atoms with Gasteiger partial charge < -0.3 is 4.74 Å². The van der Waals surface area contributed by atoms with Gasteiger partial charge in [0.05, 0.1) is 12.5 Å². The molecule has 0 aliphatic rings. The highest BCUT2D eigenvalue weighted by Gasteiger charge is 2.04. The van der Waals surface area contributed by atoms with Crippen LogP contribution in [-0.4, -0.2) is 11.6 Å². The van der Waals surface area contributed by atoms with Crippen LogP contribution in [0.15, 0.2) is 74.3 Å². The number of carbonyl (C=O) groups is 2. The summed E-state index contributed by atoms with van der Waals surface area (Å²) in [5.74, 6) is -0.0972. The third-order valence-electron chi connectivity index (χ3n) is 2.28. The zero-order chi connectivity index (χ0) is 16.1. The van der Waals surface area contributed by atoms with E-state index in [1.165, 1.54) is 24.7 Å². The zero-order valence-corrected chi connectivity index (χ0v) is 12.4. The summed E-state index contributed by atoms with van der Waals surface area (Å²) in [6.07, 6.45) is 9.02. The van der Waals surface area contributed by atoms with Crippen molar-refractivity contribution in [3.63, 3.8) is 0 Å². The molecule has 1 aromatic carbocycles. The minimum absolute atomic E-state index is 0.0486. The Morgan fingerprint density at radius 3 is 1.38 bits per heavy atom. The molecule has 3 heteroatoms. The molecule has 1 rings (SSSR count). The van der Waals surface area contributed by atoms with Crippen LogP contribution in [0.25, 0.3) is 0 Å². The van der Waals surface area contributed by atoms with E-state index >= 15 is 0 Å². The Labute approximate surface area is 125 Å². The summed E-state index contributed by atoms with van der Waals surface area (Å²) in [4.78, 5) is 22.9. The first kappa shape index (κ1) is 18.3. The van der Waals surface area contributed by atoms with Crippen molar-refractivity contribution >= 4 is 11.6 Å². The van der Waals surface area contributed by atoms with Crippen molar-refractivity contribution in [1.82, 2.24) is 0 Å². The molecular weight excluding hydrogens is 264 g/mol. The predicted octanol–water partition coefficient (Wildman–Crippen LogP) is 4.49. The summed E-state index contributed by atoms with van der Waals surface area (Å²) in [5, 5.41) is 0. The van der Waals surface area contributed by atoms with Crippen molar-refractivity contribution in [2.75, 3.05) is 0 Å². The summed E-state index contributed by atoms with van der Waals surface area (Å²) in [7, 11) is 0. The Bertz CT molecular complexity index is 485. The molecule has 0 amide bonds. The van der Waals surface area contributed by atoms with Crippen molar-refractivity contribution in [3.05, 3.63) is 85.4 Å². The summed E-state index contributed by atoms with van der Waals surface area (Å²) >= 11 is 0. The van der Waals surface area contributed by atoms with Crippen LogP contribution in [-0.2, 0) is 4.74 Å². The molecule has 0 heterocycles. The molecule has 0 aliphatic carbocycles. The molecule has 0 saturated carbocycles. The van der Waals surface area contributed by atoms with Crippen molar-refractivity contribution in [2.24, 2.45) is 0 Å². The fourth-order valence-corrected chi connectivity index (χ4v) is 1.36. The number of ether oxygens (including phenoxy) is 1. The van der Waals surface area contributed by atoms with Crippen LogP contribution in [0.3, 0.4) is 0 Å². The maximum Gasteiger partial charge on any atom is 0.185 e. The molecule has 0 spiro atoms. The molecule has 0 bridgehead atoms. The molecule has 0 N–H and O–H groups in total. The highest BCUT2D eigenvalue weighted by molar-refractivity contribution is 6.07. The van der Waals surface area contributed by atoms with Crippen molar-refractivity contribution in [2.45, 2.75) is 13.8 Å². The lowest BCUT2D eigenvalue weighted by atomic mass is 10.1. The number of hydrogen-bond donors (Lipinski definition) is 0. The van der Waals surface area contributed by atoms with E-state index in [-0.39, 0.29) is 11.6 Å². The van der Waals surface area contributed by atoms with E-state index in [9.17, 15) is 9.59 Å². The summed E-state index contributed by atoms with van der Waals surface area (Å²) < 4.78 is 4.36. The molecule has 0 aliphatic heterocycles. The lowest BCUT2D eigenvalue weighted by Gasteiger charge is -1.98. The van der Waals surface area contributed by atoms with Gasteiger partial charge in [0.1, 0.15) is 0 Å². The molecule has 0 unspecified atom stereocenters. The first-order valence-electron chi connectivity index (χ1n) is 6.42. The largest absolute Gasteiger partial charge is 0.474 e. The molecule has 3 nitrogen and oxygen atoms in total. The third-order valence-corrected chi connectivity index (χ3v) is 2.28. The van der Waals surface area contributed by atoms with E-state index in [2.05, 4.69) is 17.9 Å². The fourth-order valence-electron chi connectivity index (χ4n) is 1.36. The second-order valence-corrected chi connectivity index (χ2v) is 3.78. The zero-order valence-electron chi connectivity index (χ0n) is 12.4. The highest BCUT2D eigenvalue weighted by atomic mass is 16.5. The first-order chi connectivity index (χ1) is 10.1. The van der Waals surface area contributed by atoms with Gasteiger partial charge in [0.25, 0.3) is 0 Å². The smallest absolute Gasteiger partial charge is 0.185 e. The molecule has 21 heavy (non-hydrogen) atoms. The Morgan fingerprint density at radius 2 is 1.19 bits per heavy atom. The summed E-state index contributed by atoms with van der Waals surface area (Å²) in [6, 6.07) is 6.66. The number of allylic oxidation sites excluding steroid dienone is 4. The Kier molecular flexibility index (Phi) is 9.75. The molecule has 110 valence electrons. The van der Waals surface area contributed by atoms with Gasteiger partial charge in [0.15, 0.2) is 11.6 Å². The maximum absolute atomic E-state index is 11.5. The lowest BCUT2D eigenvalue weighted by molar-refractivity contribution is 0.103. The minimum Gasteiger partial charge on any atom is -0.474 e. The van der Waals surface area contributed by atoms with Crippen LogP contribution < -0.4 is 0 Å². The van der Waals surface area contributed by atoms with Gasteiger partial charge in [0, 0.05) is 11.1 Å². The molecule has 0 atom stereocenters. The van der Waals surface area contributed by atoms with Crippen molar-refractivity contribution < 1.29 is 14.3 Å². The van der Waals surface area contributed by atoms with E-state index < -0.39 is 0 Å². The average molecular weight is 284 g/mol. The topological polar surface area (TPSA) is 43.4 Å². The number of rotatable bonds is 6. The van der Waals surface area contributed by atoms with Gasteiger partial charge in [-0.2, -0.15) is 0 Å². The molecule has 0 radical (unpaired) electrons. The normalized spacial score (nSPS) is 9.81. The molecule has 0 aromatic heterocycles. The Balaban J connectivity index is 0.000000690. The summed E-state index contributed by atoms with van der Waals surface area (Å²) in [6.45, 7) is 10.1. The van der Waals surface area contributed by atoms with Crippen molar-refractivity contribution in [3.8, 4) is 0 Å². The van der Waals surface area contributed by atoms with Crippen LogP contribution in [0.5, 0.6) is 0 Å². The molecular formula is C18H20O3. The number of ketones is 2. The van der Waals surface area contributed by atoms with Gasteiger partial charge >= 0.3 is 0 Å². The SMILES string of the molecule is C=COC=C.CC=CC(=O)c1ccc(C(=O)C=CC)cc1. The van der Waals surface area contributed by atoms with E-state index in [1.54, 1.807) is 50.3 Å². The minimum atomic E-state index is -0.0486. The third kappa shape index (κ3) is 7.47. The van der Waals surface area contributed by atoms with Crippen molar-refractivity contribution in [1.29, 1.82) is 0 Å². The average Bonchev–Trinajstić information content (AvgIpc) is 2.49. The van der Waals surface area contributed by atoms with E-state index in [4.69, 9.17) is 0 Å². The monoisotopic (exact) mass is 284 g/mol. The van der Waals surface area contributed by atoms with Gasteiger partial charge in [-0.05, 0) is 26.0 Å². The standard InChI is InChI=1S/C14H14O2.C4H6O/c1-3-5-13(15)11-7-9-12(10-8-11)14(16)6-4-2;1-3-5-4-2/h3-10H,1-2H3;3-4H,1-2H2. The van der Waals surface area contributed by atoms with Crippen LogP contribution in [0.4, 0.5) is 0 Å². The second kappa shape index (κ2) is 11.2. The van der Waals surface area contributed by atoms with Crippen LogP contribution >= 0.6 is 0 Å². The quantitative estimate of drug-likeness (QED) is 0.439. The van der Waals surface area contributed by atoms with E-state index in [0.717, 1.165) is 0 Å². The lowest BCUT2D eigenvalue weighted by Crippen LogP contribution is -1.97. The van der Waals surface area contributed by atoms with Gasteiger partial charge in [-0.15, -0.1) is 0 Å².